The Morgan fingerprint density at radius 1 is 1.73 bits per heavy atom. The number of hydrogen-bond donors (Lipinski definition) is 1. The maximum atomic E-state index is 10.6. The zero-order valence-electron chi connectivity index (χ0n) is 8.43. The van der Waals surface area contributed by atoms with Crippen LogP contribution in [0.5, 0.6) is 0 Å². The molecule has 1 saturated heterocycles. The fourth-order valence-corrected chi connectivity index (χ4v) is 1.79. The predicted molar refractivity (Wildman–Crippen MR) is 52.7 cm³/mol. The van der Waals surface area contributed by atoms with Crippen LogP contribution in [0.25, 0.3) is 0 Å². The van der Waals surface area contributed by atoms with Gasteiger partial charge in [-0.3, -0.25) is 4.68 Å². The fourth-order valence-electron chi connectivity index (χ4n) is 1.79. The molecular formula is C10H14N2O3. The minimum atomic E-state index is -0.929. The molecule has 2 rings (SSSR count). The molecule has 1 aromatic rings. The number of ether oxygens (including phenoxy) is 1. The molecule has 1 aromatic heterocycles. The van der Waals surface area contributed by atoms with Crippen molar-refractivity contribution in [1.29, 1.82) is 0 Å². The topological polar surface area (TPSA) is 64.3 Å². The van der Waals surface area contributed by atoms with Crippen LogP contribution in [0.15, 0.2) is 12.4 Å². The summed E-state index contributed by atoms with van der Waals surface area (Å²) in [7, 11) is 0. The maximum Gasteiger partial charge on any atom is 0.338 e. The Kier molecular flexibility index (Phi) is 3.01. The third-order valence-electron chi connectivity index (χ3n) is 2.58. The van der Waals surface area contributed by atoms with Crippen molar-refractivity contribution in [3.05, 3.63) is 18.0 Å². The SMILES string of the molecule is O=C(O)c1cnn(CC2CCCOC2)c1. The van der Waals surface area contributed by atoms with E-state index in [4.69, 9.17) is 9.84 Å². The maximum absolute atomic E-state index is 10.6. The van der Waals surface area contributed by atoms with Crippen molar-refractivity contribution in [2.45, 2.75) is 19.4 Å². The summed E-state index contributed by atoms with van der Waals surface area (Å²) in [5.41, 5.74) is 0.242. The molecule has 1 aliphatic rings. The normalized spacial score (nSPS) is 21.5. The zero-order valence-corrected chi connectivity index (χ0v) is 8.43. The lowest BCUT2D eigenvalue weighted by Crippen LogP contribution is -2.22. The Morgan fingerprint density at radius 3 is 3.20 bits per heavy atom. The first-order valence-corrected chi connectivity index (χ1v) is 5.09. The van der Waals surface area contributed by atoms with Gasteiger partial charge in [0.2, 0.25) is 0 Å². The van der Waals surface area contributed by atoms with Crippen LogP contribution in [0, 0.1) is 5.92 Å². The van der Waals surface area contributed by atoms with Crippen molar-refractivity contribution in [3.63, 3.8) is 0 Å². The average molecular weight is 210 g/mol. The number of carboxylic acids is 1. The van der Waals surface area contributed by atoms with Gasteiger partial charge in [-0.25, -0.2) is 4.79 Å². The van der Waals surface area contributed by atoms with E-state index in [1.54, 1.807) is 10.9 Å². The van der Waals surface area contributed by atoms with E-state index in [0.717, 1.165) is 32.6 Å². The molecule has 0 saturated carbocycles. The number of aromatic carboxylic acids is 1. The first-order valence-electron chi connectivity index (χ1n) is 5.09. The molecule has 0 bridgehead atoms. The molecule has 0 amide bonds. The van der Waals surface area contributed by atoms with Crippen molar-refractivity contribution in [1.82, 2.24) is 9.78 Å². The van der Waals surface area contributed by atoms with Gasteiger partial charge >= 0.3 is 5.97 Å². The molecule has 0 radical (unpaired) electrons. The molecule has 5 nitrogen and oxygen atoms in total. The molecule has 0 spiro atoms. The Morgan fingerprint density at radius 2 is 2.60 bits per heavy atom. The lowest BCUT2D eigenvalue weighted by atomic mass is 10.0. The largest absolute Gasteiger partial charge is 0.478 e. The third kappa shape index (κ3) is 2.56. The first kappa shape index (κ1) is 10.2. The summed E-state index contributed by atoms with van der Waals surface area (Å²) in [6, 6.07) is 0. The smallest absolute Gasteiger partial charge is 0.338 e. The lowest BCUT2D eigenvalue weighted by molar-refractivity contribution is 0.0470. The van der Waals surface area contributed by atoms with Crippen molar-refractivity contribution >= 4 is 5.97 Å². The monoisotopic (exact) mass is 210 g/mol. The van der Waals surface area contributed by atoms with Gasteiger partial charge in [-0.2, -0.15) is 5.10 Å². The van der Waals surface area contributed by atoms with Gasteiger partial charge in [0.1, 0.15) is 0 Å². The van der Waals surface area contributed by atoms with Gasteiger partial charge in [0.25, 0.3) is 0 Å². The number of carboxylic acid groups (broad SMARTS) is 1. The van der Waals surface area contributed by atoms with E-state index in [2.05, 4.69) is 5.10 Å². The average Bonchev–Trinajstić information content (AvgIpc) is 2.68. The van der Waals surface area contributed by atoms with E-state index in [9.17, 15) is 4.79 Å². The van der Waals surface area contributed by atoms with Crippen LogP contribution in [0.3, 0.4) is 0 Å². The Bertz CT molecular complexity index is 342. The molecular weight excluding hydrogens is 196 g/mol. The van der Waals surface area contributed by atoms with Crippen molar-refractivity contribution in [2.75, 3.05) is 13.2 Å². The van der Waals surface area contributed by atoms with Crippen molar-refractivity contribution in [3.8, 4) is 0 Å². The molecule has 1 N–H and O–H groups in total. The van der Waals surface area contributed by atoms with Crippen LogP contribution in [-0.2, 0) is 11.3 Å². The second kappa shape index (κ2) is 4.44. The number of carbonyl (C=O) groups is 1. The molecule has 1 fully saturated rings. The van der Waals surface area contributed by atoms with E-state index in [1.165, 1.54) is 6.20 Å². The van der Waals surface area contributed by atoms with E-state index >= 15 is 0 Å². The Labute approximate surface area is 87.7 Å². The number of hydrogen-bond acceptors (Lipinski definition) is 3. The third-order valence-corrected chi connectivity index (χ3v) is 2.58. The van der Waals surface area contributed by atoms with E-state index in [-0.39, 0.29) is 5.56 Å². The van der Waals surface area contributed by atoms with Gasteiger partial charge in [0.15, 0.2) is 0 Å². The van der Waals surface area contributed by atoms with Gasteiger partial charge in [-0.05, 0) is 12.8 Å². The molecule has 15 heavy (non-hydrogen) atoms. The van der Waals surface area contributed by atoms with Crippen LogP contribution in [0.2, 0.25) is 0 Å². The van der Waals surface area contributed by atoms with Gasteiger partial charge < -0.3 is 9.84 Å². The number of aromatic nitrogens is 2. The Balaban J connectivity index is 1.94. The van der Waals surface area contributed by atoms with Crippen LogP contribution in [0.4, 0.5) is 0 Å². The minimum Gasteiger partial charge on any atom is -0.478 e. The fraction of sp³-hybridized carbons (Fsp3) is 0.600. The summed E-state index contributed by atoms with van der Waals surface area (Å²) in [4.78, 5) is 10.6. The summed E-state index contributed by atoms with van der Waals surface area (Å²) in [5, 5.41) is 12.7. The molecule has 5 heteroatoms. The molecule has 82 valence electrons. The molecule has 2 heterocycles. The molecule has 0 aliphatic carbocycles. The van der Waals surface area contributed by atoms with Crippen molar-refractivity contribution < 1.29 is 14.6 Å². The minimum absolute atomic E-state index is 0.242. The first-order chi connectivity index (χ1) is 7.25. The van der Waals surface area contributed by atoms with Gasteiger partial charge in [-0.1, -0.05) is 0 Å². The van der Waals surface area contributed by atoms with Gasteiger partial charge in [-0.15, -0.1) is 0 Å². The van der Waals surface area contributed by atoms with Gasteiger partial charge in [0.05, 0.1) is 18.4 Å². The molecule has 1 unspecified atom stereocenters. The molecule has 1 atom stereocenters. The zero-order chi connectivity index (χ0) is 10.7. The highest BCUT2D eigenvalue weighted by molar-refractivity contribution is 5.86. The van der Waals surface area contributed by atoms with Crippen LogP contribution < -0.4 is 0 Å². The summed E-state index contributed by atoms with van der Waals surface area (Å²) in [6.45, 7) is 2.34. The Hall–Kier alpha value is -1.36. The van der Waals surface area contributed by atoms with Crippen LogP contribution in [-0.4, -0.2) is 34.1 Å². The van der Waals surface area contributed by atoms with E-state index < -0.39 is 5.97 Å². The molecule has 0 aromatic carbocycles. The summed E-state index contributed by atoms with van der Waals surface area (Å²) >= 11 is 0. The summed E-state index contributed by atoms with van der Waals surface area (Å²) in [6.07, 6.45) is 5.16. The van der Waals surface area contributed by atoms with Crippen molar-refractivity contribution in [2.24, 2.45) is 5.92 Å². The summed E-state index contributed by atoms with van der Waals surface area (Å²) < 4.78 is 7.03. The highest BCUT2D eigenvalue weighted by Crippen LogP contribution is 2.15. The lowest BCUT2D eigenvalue weighted by Gasteiger charge is -2.21. The number of rotatable bonds is 3. The highest BCUT2D eigenvalue weighted by atomic mass is 16.5. The molecule has 1 aliphatic heterocycles. The van der Waals surface area contributed by atoms with Crippen LogP contribution >= 0.6 is 0 Å². The number of nitrogens with zero attached hydrogens (tertiary/aromatic N) is 2. The van der Waals surface area contributed by atoms with Crippen LogP contribution in [0.1, 0.15) is 23.2 Å². The predicted octanol–water partition coefficient (Wildman–Crippen LogP) is 1.01. The van der Waals surface area contributed by atoms with E-state index in [0.29, 0.717) is 5.92 Å². The quantitative estimate of drug-likeness (QED) is 0.808. The second-order valence-corrected chi connectivity index (χ2v) is 3.84. The van der Waals surface area contributed by atoms with E-state index in [1.807, 2.05) is 0 Å². The van der Waals surface area contributed by atoms with Gasteiger partial charge in [0, 0.05) is 25.3 Å². The standard InChI is InChI=1S/C10H14N2O3/c13-10(14)9-4-11-12(6-9)5-8-2-1-3-15-7-8/h4,6,8H,1-3,5,7H2,(H,13,14). The highest BCUT2D eigenvalue weighted by Gasteiger charge is 2.15. The summed E-state index contributed by atoms with van der Waals surface area (Å²) in [5.74, 6) is -0.471. The second-order valence-electron chi connectivity index (χ2n) is 3.84.